The van der Waals surface area contributed by atoms with E-state index in [0.717, 1.165) is 27.8 Å². The van der Waals surface area contributed by atoms with Crippen LogP contribution in [0.4, 0.5) is 4.39 Å². The highest BCUT2D eigenvalue weighted by molar-refractivity contribution is 9.10. The van der Waals surface area contributed by atoms with Crippen LogP contribution in [0.1, 0.15) is 18.3 Å². The van der Waals surface area contributed by atoms with Crippen molar-refractivity contribution in [3.05, 3.63) is 64.1 Å². The van der Waals surface area contributed by atoms with Gasteiger partial charge in [-0.05, 0) is 35.9 Å². The predicted octanol–water partition coefficient (Wildman–Crippen LogP) is 3.82. The summed E-state index contributed by atoms with van der Waals surface area (Å²) in [5.41, 5.74) is 2.53. The number of hydrogen-bond donors (Lipinski definition) is 1. The third kappa shape index (κ3) is 3.48. The van der Waals surface area contributed by atoms with E-state index in [-0.39, 0.29) is 24.8 Å². The molecule has 1 N–H and O–H groups in total. The second-order valence-electron chi connectivity index (χ2n) is 5.47. The van der Waals surface area contributed by atoms with Gasteiger partial charge in [-0.15, -0.1) is 0 Å². The van der Waals surface area contributed by atoms with Crippen LogP contribution in [0.2, 0.25) is 0 Å². The monoisotopic (exact) mass is 389 g/mol. The lowest BCUT2D eigenvalue weighted by Crippen LogP contribution is -2.28. The Bertz CT molecular complexity index is 891. The molecule has 124 valence electrons. The Labute approximate surface area is 147 Å². The quantitative estimate of drug-likeness (QED) is 0.720. The summed E-state index contributed by atoms with van der Waals surface area (Å²) in [5, 5.41) is 2.84. The van der Waals surface area contributed by atoms with E-state index in [0.29, 0.717) is 5.56 Å². The summed E-state index contributed by atoms with van der Waals surface area (Å²) in [5.74, 6) is 0.415. The zero-order valence-corrected chi connectivity index (χ0v) is 14.8. The third-order valence-corrected chi connectivity index (χ3v) is 4.61. The van der Waals surface area contributed by atoms with Gasteiger partial charge in [0.1, 0.15) is 18.2 Å². The SMILES string of the molecule is CCc1nc2ccccc2n1CC(=O)NCc1cc(F)ccc1Br. The van der Waals surface area contributed by atoms with E-state index in [1.807, 2.05) is 35.8 Å². The van der Waals surface area contributed by atoms with Crippen molar-refractivity contribution in [1.82, 2.24) is 14.9 Å². The molecule has 0 spiro atoms. The van der Waals surface area contributed by atoms with E-state index in [1.54, 1.807) is 6.07 Å². The summed E-state index contributed by atoms with van der Waals surface area (Å²) in [6.45, 7) is 2.47. The van der Waals surface area contributed by atoms with E-state index < -0.39 is 0 Å². The minimum absolute atomic E-state index is 0.135. The molecular weight excluding hydrogens is 373 g/mol. The number of para-hydroxylation sites is 2. The van der Waals surface area contributed by atoms with Gasteiger partial charge in [-0.2, -0.15) is 0 Å². The van der Waals surface area contributed by atoms with Crippen LogP contribution in [0.3, 0.4) is 0 Å². The average Bonchev–Trinajstić information content (AvgIpc) is 2.93. The van der Waals surface area contributed by atoms with Gasteiger partial charge in [-0.25, -0.2) is 9.37 Å². The molecule has 6 heteroatoms. The van der Waals surface area contributed by atoms with Crippen LogP contribution >= 0.6 is 15.9 Å². The van der Waals surface area contributed by atoms with Gasteiger partial charge < -0.3 is 9.88 Å². The fourth-order valence-electron chi connectivity index (χ4n) is 2.64. The Morgan fingerprint density at radius 3 is 2.88 bits per heavy atom. The van der Waals surface area contributed by atoms with E-state index >= 15 is 0 Å². The summed E-state index contributed by atoms with van der Waals surface area (Å²) in [4.78, 5) is 16.9. The van der Waals surface area contributed by atoms with Gasteiger partial charge in [0.25, 0.3) is 0 Å². The lowest BCUT2D eigenvalue weighted by Gasteiger charge is -2.10. The lowest BCUT2D eigenvalue weighted by atomic mass is 10.2. The van der Waals surface area contributed by atoms with Crippen molar-refractivity contribution in [3.8, 4) is 0 Å². The highest BCUT2D eigenvalue weighted by Gasteiger charge is 2.12. The van der Waals surface area contributed by atoms with Crippen molar-refractivity contribution < 1.29 is 9.18 Å². The first-order chi connectivity index (χ1) is 11.6. The van der Waals surface area contributed by atoms with Crippen LogP contribution in [-0.4, -0.2) is 15.5 Å². The maximum absolute atomic E-state index is 13.3. The first-order valence-corrected chi connectivity index (χ1v) is 8.52. The molecule has 0 aliphatic heterocycles. The molecule has 4 nitrogen and oxygen atoms in total. The molecule has 1 heterocycles. The van der Waals surface area contributed by atoms with Crippen LogP contribution in [0, 0.1) is 5.82 Å². The highest BCUT2D eigenvalue weighted by Crippen LogP contribution is 2.18. The topological polar surface area (TPSA) is 46.9 Å². The maximum atomic E-state index is 13.3. The number of halogens is 2. The standard InChI is InChI=1S/C18H17BrFN3O/c1-2-17-22-15-5-3-4-6-16(15)23(17)11-18(24)21-10-12-9-13(20)7-8-14(12)19/h3-9H,2,10-11H2,1H3,(H,21,24). The number of rotatable bonds is 5. The largest absolute Gasteiger partial charge is 0.350 e. The summed E-state index contributed by atoms with van der Waals surface area (Å²) < 4.78 is 16.0. The van der Waals surface area contributed by atoms with Gasteiger partial charge in [-0.1, -0.05) is 35.0 Å². The molecule has 1 amide bonds. The van der Waals surface area contributed by atoms with Crippen LogP contribution in [-0.2, 0) is 24.3 Å². The number of hydrogen-bond acceptors (Lipinski definition) is 2. The number of benzene rings is 2. The molecule has 0 saturated carbocycles. The Morgan fingerprint density at radius 1 is 1.29 bits per heavy atom. The van der Waals surface area contributed by atoms with Gasteiger partial charge >= 0.3 is 0 Å². The Kier molecular flexibility index (Phi) is 4.94. The van der Waals surface area contributed by atoms with Crippen molar-refractivity contribution >= 4 is 32.9 Å². The molecule has 0 atom stereocenters. The molecule has 3 aromatic rings. The van der Waals surface area contributed by atoms with E-state index in [1.165, 1.54) is 12.1 Å². The fourth-order valence-corrected chi connectivity index (χ4v) is 3.03. The maximum Gasteiger partial charge on any atom is 0.240 e. The van der Waals surface area contributed by atoms with Crippen LogP contribution in [0.5, 0.6) is 0 Å². The van der Waals surface area contributed by atoms with E-state index in [9.17, 15) is 9.18 Å². The van der Waals surface area contributed by atoms with Crippen molar-refractivity contribution in [2.45, 2.75) is 26.4 Å². The van der Waals surface area contributed by atoms with E-state index in [2.05, 4.69) is 26.2 Å². The minimum atomic E-state index is -0.323. The second-order valence-corrected chi connectivity index (χ2v) is 6.32. The average molecular weight is 390 g/mol. The van der Waals surface area contributed by atoms with Crippen LogP contribution in [0.15, 0.2) is 46.9 Å². The van der Waals surface area contributed by atoms with Crippen molar-refractivity contribution in [1.29, 1.82) is 0 Å². The number of carbonyl (C=O) groups excluding carboxylic acids is 1. The molecule has 0 fully saturated rings. The van der Waals surface area contributed by atoms with Gasteiger partial charge in [0.2, 0.25) is 5.91 Å². The number of amides is 1. The number of fused-ring (bicyclic) bond motifs is 1. The predicted molar refractivity (Wildman–Crippen MR) is 95.1 cm³/mol. The second kappa shape index (κ2) is 7.13. The van der Waals surface area contributed by atoms with Gasteiger partial charge in [-0.3, -0.25) is 4.79 Å². The van der Waals surface area contributed by atoms with E-state index in [4.69, 9.17) is 0 Å². The Morgan fingerprint density at radius 2 is 2.08 bits per heavy atom. The minimum Gasteiger partial charge on any atom is -0.350 e. The molecule has 1 aromatic heterocycles. The first-order valence-electron chi connectivity index (χ1n) is 7.73. The number of aromatic nitrogens is 2. The molecule has 24 heavy (non-hydrogen) atoms. The Balaban J connectivity index is 1.74. The molecule has 0 saturated heterocycles. The molecule has 3 rings (SSSR count). The molecule has 0 unspecified atom stereocenters. The molecular formula is C18H17BrFN3O. The van der Waals surface area contributed by atoms with Gasteiger partial charge in [0.05, 0.1) is 11.0 Å². The summed E-state index contributed by atoms with van der Waals surface area (Å²) in [7, 11) is 0. The normalized spacial score (nSPS) is 11.0. The number of carbonyl (C=O) groups is 1. The van der Waals surface area contributed by atoms with Gasteiger partial charge in [0, 0.05) is 17.4 Å². The molecule has 0 aliphatic rings. The van der Waals surface area contributed by atoms with Crippen molar-refractivity contribution in [2.75, 3.05) is 0 Å². The molecule has 0 radical (unpaired) electrons. The molecule has 2 aromatic carbocycles. The number of aryl methyl sites for hydroxylation is 1. The zero-order valence-electron chi connectivity index (χ0n) is 13.2. The smallest absolute Gasteiger partial charge is 0.240 e. The van der Waals surface area contributed by atoms with Crippen LogP contribution < -0.4 is 5.32 Å². The number of imidazole rings is 1. The van der Waals surface area contributed by atoms with Crippen molar-refractivity contribution in [2.24, 2.45) is 0 Å². The lowest BCUT2D eigenvalue weighted by molar-refractivity contribution is -0.121. The summed E-state index contributed by atoms with van der Waals surface area (Å²) in [6.07, 6.45) is 0.747. The third-order valence-electron chi connectivity index (χ3n) is 3.84. The number of nitrogens with zero attached hydrogens (tertiary/aromatic N) is 2. The van der Waals surface area contributed by atoms with Crippen LogP contribution in [0.25, 0.3) is 11.0 Å². The highest BCUT2D eigenvalue weighted by atomic mass is 79.9. The van der Waals surface area contributed by atoms with Gasteiger partial charge in [0.15, 0.2) is 0 Å². The number of nitrogens with one attached hydrogen (secondary N) is 1. The first kappa shape index (κ1) is 16.6. The van der Waals surface area contributed by atoms with Crippen molar-refractivity contribution in [3.63, 3.8) is 0 Å². The Hall–Kier alpha value is -2.21. The molecule has 0 bridgehead atoms. The zero-order chi connectivity index (χ0) is 17.1. The molecule has 0 aliphatic carbocycles. The fraction of sp³-hybridized carbons (Fsp3) is 0.222. The summed E-state index contributed by atoms with van der Waals surface area (Å²) >= 11 is 3.36. The summed E-state index contributed by atoms with van der Waals surface area (Å²) in [6, 6.07) is 12.2.